The second kappa shape index (κ2) is 5.32. The van der Waals surface area contributed by atoms with E-state index in [1.165, 1.54) is 13.3 Å². The zero-order valence-electron chi connectivity index (χ0n) is 11.4. The van der Waals surface area contributed by atoms with Crippen LogP contribution in [0.15, 0.2) is 36.8 Å². The Labute approximate surface area is 121 Å². The predicted molar refractivity (Wildman–Crippen MR) is 73.4 cm³/mol. The predicted octanol–water partition coefficient (Wildman–Crippen LogP) is 1.56. The van der Waals surface area contributed by atoms with Crippen LogP contribution in [0.1, 0.15) is 28.5 Å². The Morgan fingerprint density at radius 3 is 2.62 bits per heavy atom. The standard InChI is InChI=1S/C15H13N3O3/c1-10(19)21-13-4-2-11(3-5-13)15(20)18-7-12-6-16-9-17-14(12)8-18/h2-6,9H,7-8H2,1H3. The van der Waals surface area contributed by atoms with Gasteiger partial charge in [-0.25, -0.2) is 9.97 Å². The van der Waals surface area contributed by atoms with Crippen LogP contribution in [-0.4, -0.2) is 26.7 Å². The molecule has 6 heteroatoms. The van der Waals surface area contributed by atoms with Crippen LogP contribution >= 0.6 is 0 Å². The minimum Gasteiger partial charge on any atom is -0.427 e. The molecule has 1 aliphatic heterocycles. The number of rotatable bonds is 2. The molecular formula is C15H13N3O3. The third-order valence-electron chi connectivity index (χ3n) is 3.23. The van der Waals surface area contributed by atoms with Gasteiger partial charge in [0, 0.05) is 30.8 Å². The van der Waals surface area contributed by atoms with E-state index in [4.69, 9.17) is 4.74 Å². The molecule has 0 N–H and O–H groups in total. The molecule has 0 saturated heterocycles. The molecule has 106 valence electrons. The van der Waals surface area contributed by atoms with Gasteiger partial charge in [-0.15, -0.1) is 0 Å². The first-order valence-corrected chi connectivity index (χ1v) is 6.49. The largest absolute Gasteiger partial charge is 0.427 e. The lowest BCUT2D eigenvalue weighted by molar-refractivity contribution is -0.131. The molecule has 21 heavy (non-hydrogen) atoms. The van der Waals surface area contributed by atoms with Gasteiger partial charge < -0.3 is 9.64 Å². The number of hydrogen-bond acceptors (Lipinski definition) is 5. The first kappa shape index (κ1) is 13.2. The van der Waals surface area contributed by atoms with Gasteiger partial charge in [-0.3, -0.25) is 9.59 Å². The molecule has 1 aromatic carbocycles. The highest BCUT2D eigenvalue weighted by Crippen LogP contribution is 2.22. The summed E-state index contributed by atoms with van der Waals surface area (Å²) in [6.45, 7) is 2.34. The molecule has 0 bridgehead atoms. The Kier molecular flexibility index (Phi) is 3.35. The van der Waals surface area contributed by atoms with Crippen molar-refractivity contribution in [1.82, 2.24) is 14.9 Å². The highest BCUT2D eigenvalue weighted by molar-refractivity contribution is 5.94. The third kappa shape index (κ3) is 2.74. The van der Waals surface area contributed by atoms with Crippen LogP contribution in [-0.2, 0) is 17.9 Å². The van der Waals surface area contributed by atoms with Gasteiger partial charge in [0.2, 0.25) is 0 Å². The van der Waals surface area contributed by atoms with Crippen LogP contribution in [0.5, 0.6) is 5.75 Å². The lowest BCUT2D eigenvalue weighted by atomic mass is 10.2. The Bertz CT molecular complexity index is 673. The summed E-state index contributed by atoms with van der Waals surface area (Å²) in [5.41, 5.74) is 2.41. The molecule has 0 unspecified atom stereocenters. The fourth-order valence-corrected chi connectivity index (χ4v) is 2.26. The molecule has 0 spiro atoms. The molecule has 1 amide bonds. The summed E-state index contributed by atoms with van der Waals surface area (Å²) in [5, 5.41) is 0. The minimum absolute atomic E-state index is 0.0811. The average Bonchev–Trinajstić information content (AvgIpc) is 2.90. The van der Waals surface area contributed by atoms with E-state index >= 15 is 0 Å². The number of carbonyl (C=O) groups excluding carboxylic acids is 2. The first-order chi connectivity index (χ1) is 10.1. The molecule has 0 atom stereocenters. The van der Waals surface area contributed by atoms with Crippen LogP contribution in [0.4, 0.5) is 0 Å². The number of esters is 1. The number of hydrogen-bond donors (Lipinski definition) is 0. The van der Waals surface area contributed by atoms with Crippen LogP contribution in [0.25, 0.3) is 0 Å². The Hall–Kier alpha value is -2.76. The molecule has 0 saturated carbocycles. The maximum absolute atomic E-state index is 12.4. The number of benzene rings is 1. The quantitative estimate of drug-likeness (QED) is 0.617. The Morgan fingerprint density at radius 2 is 1.95 bits per heavy atom. The van der Waals surface area contributed by atoms with Gasteiger partial charge in [0.15, 0.2) is 0 Å². The van der Waals surface area contributed by atoms with Crippen molar-refractivity contribution >= 4 is 11.9 Å². The molecule has 3 rings (SSSR count). The zero-order valence-corrected chi connectivity index (χ0v) is 11.4. The molecule has 0 aliphatic carbocycles. The minimum atomic E-state index is -0.386. The van der Waals surface area contributed by atoms with Gasteiger partial charge in [0.05, 0.1) is 12.2 Å². The summed E-state index contributed by atoms with van der Waals surface area (Å²) in [6.07, 6.45) is 3.22. The van der Waals surface area contributed by atoms with Gasteiger partial charge in [-0.2, -0.15) is 0 Å². The van der Waals surface area contributed by atoms with Gasteiger partial charge in [0.1, 0.15) is 12.1 Å². The third-order valence-corrected chi connectivity index (χ3v) is 3.23. The van der Waals surface area contributed by atoms with Crippen LogP contribution in [0.2, 0.25) is 0 Å². The molecule has 2 aromatic rings. The van der Waals surface area contributed by atoms with Crippen LogP contribution in [0.3, 0.4) is 0 Å². The fraction of sp³-hybridized carbons (Fsp3) is 0.200. The van der Waals surface area contributed by atoms with E-state index in [2.05, 4.69) is 9.97 Å². The molecule has 1 aromatic heterocycles. The van der Waals surface area contributed by atoms with E-state index in [9.17, 15) is 9.59 Å². The highest BCUT2D eigenvalue weighted by atomic mass is 16.5. The van der Waals surface area contributed by atoms with E-state index in [0.29, 0.717) is 24.4 Å². The number of amides is 1. The van der Waals surface area contributed by atoms with Crippen molar-refractivity contribution < 1.29 is 14.3 Å². The van der Waals surface area contributed by atoms with E-state index in [1.54, 1.807) is 35.4 Å². The lowest BCUT2D eigenvalue weighted by Gasteiger charge is -2.15. The maximum Gasteiger partial charge on any atom is 0.308 e. The average molecular weight is 283 g/mol. The summed E-state index contributed by atoms with van der Waals surface area (Å²) in [7, 11) is 0. The van der Waals surface area contributed by atoms with Crippen molar-refractivity contribution in [3.8, 4) is 5.75 Å². The summed E-state index contributed by atoms with van der Waals surface area (Å²) >= 11 is 0. The molecule has 0 fully saturated rings. The molecule has 6 nitrogen and oxygen atoms in total. The second-order valence-electron chi connectivity index (χ2n) is 4.77. The number of aromatic nitrogens is 2. The number of ether oxygens (including phenoxy) is 1. The number of nitrogens with zero attached hydrogens (tertiary/aromatic N) is 3. The first-order valence-electron chi connectivity index (χ1n) is 6.49. The van der Waals surface area contributed by atoms with Crippen molar-refractivity contribution in [1.29, 1.82) is 0 Å². The van der Waals surface area contributed by atoms with Crippen molar-refractivity contribution in [2.75, 3.05) is 0 Å². The van der Waals surface area contributed by atoms with Gasteiger partial charge in [-0.1, -0.05) is 0 Å². The van der Waals surface area contributed by atoms with Gasteiger partial charge >= 0.3 is 5.97 Å². The molecular weight excluding hydrogens is 270 g/mol. The van der Waals surface area contributed by atoms with Crippen molar-refractivity contribution in [2.24, 2.45) is 0 Å². The van der Waals surface area contributed by atoms with Crippen molar-refractivity contribution in [3.63, 3.8) is 0 Å². The maximum atomic E-state index is 12.4. The zero-order chi connectivity index (χ0) is 14.8. The number of carbonyl (C=O) groups is 2. The van der Waals surface area contributed by atoms with Crippen LogP contribution in [0, 0.1) is 0 Å². The summed E-state index contributed by atoms with van der Waals surface area (Å²) in [6, 6.07) is 6.51. The number of fused-ring (bicyclic) bond motifs is 1. The fourth-order valence-electron chi connectivity index (χ4n) is 2.26. The second-order valence-corrected chi connectivity index (χ2v) is 4.77. The van der Waals surface area contributed by atoms with Gasteiger partial charge in [-0.05, 0) is 24.3 Å². The van der Waals surface area contributed by atoms with Crippen molar-refractivity contribution in [2.45, 2.75) is 20.0 Å². The van der Waals surface area contributed by atoms with E-state index in [1.807, 2.05) is 0 Å². The Morgan fingerprint density at radius 1 is 1.19 bits per heavy atom. The molecule has 0 radical (unpaired) electrons. The lowest BCUT2D eigenvalue weighted by Crippen LogP contribution is -2.25. The molecule has 1 aliphatic rings. The monoisotopic (exact) mass is 283 g/mol. The van der Waals surface area contributed by atoms with E-state index in [-0.39, 0.29) is 11.9 Å². The summed E-state index contributed by atoms with van der Waals surface area (Å²) in [4.78, 5) is 33.1. The molecule has 2 heterocycles. The summed E-state index contributed by atoms with van der Waals surface area (Å²) < 4.78 is 4.94. The smallest absolute Gasteiger partial charge is 0.308 e. The highest BCUT2D eigenvalue weighted by Gasteiger charge is 2.25. The summed E-state index contributed by atoms with van der Waals surface area (Å²) in [5.74, 6) is -0.0420. The normalized spacial score (nSPS) is 12.9. The van der Waals surface area contributed by atoms with Crippen molar-refractivity contribution in [3.05, 3.63) is 53.6 Å². The Balaban J connectivity index is 1.73. The van der Waals surface area contributed by atoms with Gasteiger partial charge in [0.25, 0.3) is 5.91 Å². The van der Waals surface area contributed by atoms with E-state index < -0.39 is 0 Å². The van der Waals surface area contributed by atoms with E-state index in [0.717, 1.165) is 11.3 Å². The van der Waals surface area contributed by atoms with Crippen LogP contribution < -0.4 is 4.74 Å². The topological polar surface area (TPSA) is 72.4 Å². The SMILES string of the molecule is CC(=O)Oc1ccc(C(=O)N2Cc3cncnc3C2)cc1.